The highest BCUT2D eigenvalue weighted by Gasteiger charge is 2.18. The van der Waals surface area contributed by atoms with Crippen LogP contribution in [0.4, 0.5) is 4.39 Å². The normalized spacial score (nSPS) is 15.8. The highest BCUT2D eigenvalue weighted by Crippen LogP contribution is 2.10. The smallest absolute Gasteiger partial charge is 0.253 e. The molecule has 3 rings (SSSR count). The van der Waals surface area contributed by atoms with Gasteiger partial charge in [-0.3, -0.25) is 9.59 Å². The fraction of sp³-hybridized carbons (Fsp3) is 0.250. The summed E-state index contributed by atoms with van der Waals surface area (Å²) >= 11 is 0. The Balaban J connectivity index is 1.66. The SMILES string of the molecule is Cc1cc2c(cc1C)=NC(=O)C(CCNC(=O)c1ccc(F)cc1)C=2. The number of carbonyl (C=O) groups excluding carboxylic acids is 2. The number of nitrogens with one attached hydrogen (secondary N) is 1. The third kappa shape index (κ3) is 3.82. The van der Waals surface area contributed by atoms with Gasteiger partial charge in [0.1, 0.15) is 5.82 Å². The van der Waals surface area contributed by atoms with Gasteiger partial charge < -0.3 is 5.32 Å². The van der Waals surface area contributed by atoms with Crippen molar-refractivity contribution in [1.29, 1.82) is 0 Å². The van der Waals surface area contributed by atoms with E-state index < -0.39 is 0 Å². The summed E-state index contributed by atoms with van der Waals surface area (Å²) < 4.78 is 12.9. The molecular formula is C20H19FN2O2. The molecule has 1 heterocycles. The number of aryl methyl sites for hydroxylation is 2. The maximum atomic E-state index is 12.9. The van der Waals surface area contributed by atoms with Gasteiger partial charge in [-0.15, -0.1) is 0 Å². The number of amides is 2. The van der Waals surface area contributed by atoms with Crippen molar-refractivity contribution in [3.63, 3.8) is 0 Å². The van der Waals surface area contributed by atoms with Crippen molar-refractivity contribution in [2.24, 2.45) is 10.9 Å². The van der Waals surface area contributed by atoms with Crippen molar-refractivity contribution >= 4 is 17.9 Å². The molecule has 4 nitrogen and oxygen atoms in total. The number of carbonyl (C=O) groups is 2. The predicted molar refractivity (Wildman–Crippen MR) is 93.0 cm³/mol. The lowest BCUT2D eigenvalue weighted by molar-refractivity contribution is -0.120. The van der Waals surface area contributed by atoms with Crippen molar-refractivity contribution in [3.8, 4) is 0 Å². The molecule has 0 radical (unpaired) electrons. The quantitative estimate of drug-likeness (QED) is 0.924. The molecule has 5 heteroatoms. The van der Waals surface area contributed by atoms with Crippen molar-refractivity contribution in [2.45, 2.75) is 20.3 Å². The molecule has 1 aliphatic heterocycles. The molecule has 128 valence electrons. The van der Waals surface area contributed by atoms with Crippen molar-refractivity contribution in [3.05, 3.63) is 69.5 Å². The molecule has 0 spiro atoms. The van der Waals surface area contributed by atoms with Crippen molar-refractivity contribution < 1.29 is 14.0 Å². The van der Waals surface area contributed by atoms with Crippen LogP contribution in [0, 0.1) is 25.6 Å². The topological polar surface area (TPSA) is 58.5 Å². The van der Waals surface area contributed by atoms with Crippen molar-refractivity contribution in [1.82, 2.24) is 5.32 Å². The fourth-order valence-electron chi connectivity index (χ4n) is 2.79. The van der Waals surface area contributed by atoms with Gasteiger partial charge in [0.15, 0.2) is 0 Å². The van der Waals surface area contributed by atoms with Crippen LogP contribution in [0.3, 0.4) is 0 Å². The number of hydrogen-bond acceptors (Lipinski definition) is 2. The Morgan fingerprint density at radius 3 is 2.56 bits per heavy atom. The first-order valence-electron chi connectivity index (χ1n) is 8.19. The van der Waals surface area contributed by atoms with Gasteiger partial charge in [-0.2, -0.15) is 0 Å². The summed E-state index contributed by atoms with van der Waals surface area (Å²) in [6.45, 7) is 4.36. The minimum atomic E-state index is -0.384. The van der Waals surface area contributed by atoms with E-state index in [2.05, 4.69) is 10.3 Å². The first-order chi connectivity index (χ1) is 11.9. The molecule has 1 aliphatic rings. The van der Waals surface area contributed by atoms with Gasteiger partial charge in [-0.1, -0.05) is 6.08 Å². The van der Waals surface area contributed by atoms with Crippen molar-refractivity contribution in [2.75, 3.05) is 6.54 Å². The Labute approximate surface area is 145 Å². The average molecular weight is 338 g/mol. The lowest BCUT2D eigenvalue weighted by Gasteiger charge is -2.13. The van der Waals surface area contributed by atoms with Crippen LogP contribution in [0.5, 0.6) is 0 Å². The zero-order valence-electron chi connectivity index (χ0n) is 14.2. The molecule has 1 unspecified atom stereocenters. The van der Waals surface area contributed by atoms with Gasteiger partial charge >= 0.3 is 0 Å². The summed E-state index contributed by atoms with van der Waals surface area (Å²) in [5, 5.41) is 4.42. The van der Waals surface area contributed by atoms with E-state index in [1.54, 1.807) is 0 Å². The second-order valence-corrected chi connectivity index (χ2v) is 6.27. The predicted octanol–water partition coefficient (Wildman–Crippen LogP) is 1.82. The van der Waals surface area contributed by atoms with E-state index >= 15 is 0 Å². The summed E-state index contributed by atoms with van der Waals surface area (Å²) in [6, 6.07) is 9.30. The number of hydrogen-bond donors (Lipinski definition) is 1. The van der Waals surface area contributed by atoms with Crippen LogP contribution in [0.15, 0.2) is 41.4 Å². The number of fused-ring (bicyclic) bond motifs is 1. The van der Waals surface area contributed by atoms with E-state index in [1.165, 1.54) is 24.3 Å². The Morgan fingerprint density at radius 2 is 1.84 bits per heavy atom. The fourth-order valence-corrected chi connectivity index (χ4v) is 2.79. The van der Waals surface area contributed by atoms with E-state index in [4.69, 9.17) is 0 Å². The molecule has 0 saturated carbocycles. The molecule has 2 aromatic carbocycles. The van der Waals surface area contributed by atoms with E-state index in [-0.39, 0.29) is 23.5 Å². The van der Waals surface area contributed by atoms with E-state index in [0.29, 0.717) is 23.9 Å². The summed E-state index contributed by atoms with van der Waals surface area (Å²) in [6.07, 6.45) is 2.39. The van der Waals surface area contributed by atoms with Gasteiger partial charge in [0, 0.05) is 12.1 Å². The lowest BCUT2D eigenvalue weighted by atomic mass is 9.98. The summed E-state index contributed by atoms with van der Waals surface area (Å²) in [7, 11) is 0. The average Bonchev–Trinajstić information content (AvgIpc) is 2.57. The zero-order chi connectivity index (χ0) is 18.0. The number of halogens is 1. The maximum absolute atomic E-state index is 12.9. The van der Waals surface area contributed by atoms with Gasteiger partial charge in [0.05, 0.1) is 11.3 Å². The zero-order valence-corrected chi connectivity index (χ0v) is 14.2. The summed E-state index contributed by atoms with van der Waals surface area (Å²) in [4.78, 5) is 28.4. The second-order valence-electron chi connectivity index (χ2n) is 6.27. The molecule has 2 amide bonds. The van der Waals surface area contributed by atoms with E-state index in [0.717, 1.165) is 16.3 Å². The molecule has 0 bridgehead atoms. The van der Waals surface area contributed by atoms with Gasteiger partial charge in [0.2, 0.25) is 0 Å². The first kappa shape index (κ1) is 17.0. The highest BCUT2D eigenvalue weighted by molar-refractivity contribution is 5.94. The Hall–Kier alpha value is -2.82. The molecule has 1 N–H and O–H groups in total. The lowest BCUT2D eigenvalue weighted by Crippen LogP contribution is -2.36. The molecule has 0 saturated heterocycles. The van der Waals surface area contributed by atoms with E-state index in [9.17, 15) is 14.0 Å². The number of rotatable bonds is 4. The van der Waals surface area contributed by atoms with Gasteiger partial charge in [-0.05, 0) is 73.0 Å². The summed E-state index contributed by atoms with van der Waals surface area (Å²) in [5.41, 5.74) is 2.65. The summed E-state index contributed by atoms with van der Waals surface area (Å²) in [5.74, 6) is -1.20. The molecule has 1 atom stereocenters. The first-order valence-corrected chi connectivity index (χ1v) is 8.19. The standard InChI is InChI=1S/C20H19FN2O2/c1-12-9-16-11-15(20(25)23-18(16)10-13(12)2)7-8-22-19(24)14-3-5-17(21)6-4-14/h3-6,9-11,15H,7-8H2,1-2H3,(H,22,24). The Morgan fingerprint density at radius 1 is 1.16 bits per heavy atom. The monoisotopic (exact) mass is 338 g/mol. The molecule has 25 heavy (non-hydrogen) atoms. The molecular weight excluding hydrogens is 319 g/mol. The number of benzene rings is 2. The highest BCUT2D eigenvalue weighted by atomic mass is 19.1. The third-order valence-electron chi connectivity index (χ3n) is 4.42. The van der Waals surface area contributed by atoms with Crippen LogP contribution in [-0.4, -0.2) is 18.4 Å². The van der Waals surface area contributed by atoms with E-state index in [1.807, 2.05) is 32.1 Å². The maximum Gasteiger partial charge on any atom is 0.253 e. The van der Waals surface area contributed by atoms with Crippen LogP contribution in [-0.2, 0) is 4.79 Å². The van der Waals surface area contributed by atoms with Crippen LogP contribution in [0.25, 0.3) is 6.08 Å². The minimum absolute atomic E-state index is 0.188. The molecule has 0 aliphatic carbocycles. The molecule has 0 aromatic heterocycles. The Bertz CT molecular complexity index is 949. The third-order valence-corrected chi connectivity index (χ3v) is 4.42. The van der Waals surface area contributed by atoms with Gasteiger partial charge in [-0.25, -0.2) is 9.38 Å². The minimum Gasteiger partial charge on any atom is -0.352 e. The Kier molecular flexibility index (Phi) is 4.74. The number of nitrogens with zero attached hydrogens (tertiary/aromatic N) is 1. The molecule has 2 aromatic rings. The van der Waals surface area contributed by atoms with Crippen LogP contribution < -0.4 is 15.9 Å². The van der Waals surface area contributed by atoms with Gasteiger partial charge in [0.25, 0.3) is 11.8 Å². The second kappa shape index (κ2) is 6.97. The molecule has 0 fully saturated rings. The van der Waals surface area contributed by atoms with Crippen LogP contribution in [0.1, 0.15) is 27.9 Å². The van der Waals surface area contributed by atoms with Crippen LogP contribution >= 0.6 is 0 Å². The largest absolute Gasteiger partial charge is 0.352 e. The van der Waals surface area contributed by atoms with Crippen LogP contribution in [0.2, 0.25) is 0 Å².